The lowest BCUT2D eigenvalue weighted by Gasteiger charge is -2.17. The van der Waals surface area contributed by atoms with Crippen LogP contribution in [0.4, 0.5) is 4.79 Å². The van der Waals surface area contributed by atoms with E-state index in [-0.39, 0.29) is 11.6 Å². The predicted octanol–water partition coefficient (Wildman–Crippen LogP) is 2.18. The first-order valence-corrected chi connectivity index (χ1v) is 7.13. The molecule has 0 radical (unpaired) electrons. The summed E-state index contributed by atoms with van der Waals surface area (Å²) in [6.07, 6.45) is 1.72. The van der Waals surface area contributed by atoms with Gasteiger partial charge < -0.3 is 15.3 Å². The quantitative estimate of drug-likeness (QED) is 0.887. The van der Waals surface area contributed by atoms with Crippen molar-refractivity contribution in [2.24, 2.45) is 0 Å². The van der Waals surface area contributed by atoms with Crippen molar-refractivity contribution in [2.45, 2.75) is 13.1 Å². The SMILES string of the molecule is CN(Cc1ccc(C(=O)O)cc1)C(=O)NCc1cncs1. The number of carboxylic acids is 1. The van der Waals surface area contributed by atoms with Crippen LogP contribution >= 0.6 is 11.3 Å². The minimum atomic E-state index is -0.961. The number of hydrogen-bond donors (Lipinski definition) is 2. The van der Waals surface area contributed by atoms with E-state index in [4.69, 9.17) is 5.11 Å². The Morgan fingerprint density at radius 2 is 2.05 bits per heavy atom. The molecule has 0 saturated carbocycles. The Morgan fingerprint density at radius 1 is 1.33 bits per heavy atom. The van der Waals surface area contributed by atoms with E-state index >= 15 is 0 Å². The van der Waals surface area contributed by atoms with Crippen molar-refractivity contribution < 1.29 is 14.7 Å². The lowest BCUT2D eigenvalue weighted by Crippen LogP contribution is -2.36. The molecule has 2 N–H and O–H groups in total. The molecular weight excluding hydrogens is 290 g/mol. The minimum absolute atomic E-state index is 0.189. The Kier molecular flexibility index (Phi) is 4.89. The van der Waals surface area contributed by atoms with Crippen LogP contribution < -0.4 is 5.32 Å². The van der Waals surface area contributed by atoms with Crippen LogP contribution in [0.3, 0.4) is 0 Å². The molecule has 0 bridgehead atoms. The number of urea groups is 1. The van der Waals surface area contributed by atoms with Gasteiger partial charge in [0, 0.05) is 24.7 Å². The lowest BCUT2D eigenvalue weighted by atomic mass is 10.1. The van der Waals surface area contributed by atoms with Gasteiger partial charge in [-0.15, -0.1) is 11.3 Å². The summed E-state index contributed by atoms with van der Waals surface area (Å²) in [5.41, 5.74) is 2.82. The van der Waals surface area contributed by atoms with Crippen molar-refractivity contribution in [1.82, 2.24) is 15.2 Å². The van der Waals surface area contributed by atoms with E-state index in [2.05, 4.69) is 10.3 Å². The van der Waals surface area contributed by atoms with E-state index in [1.54, 1.807) is 30.9 Å². The van der Waals surface area contributed by atoms with E-state index in [1.807, 2.05) is 0 Å². The summed E-state index contributed by atoms with van der Waals surface area (Å²) in [5, 5.41) is 11.6. The molecule has 2 amide bonds. The number of aromatic nitrogens is 1. The first-order valence-electron chi connectivity index (χ1n) is 6.25. The van der Waals surface area contributed by atoms with Gasteiger partial charge in [-0.25, -0.2) is 9.59 Å². The lowest BCUT2D eigenvalue weighted by molar-refractivity contribution is 0.0697. The van der Waals surface area contributed by atoms with Gasteiger partial charge in [-0.1, -0.05) is 12.1 Å². The molecule has 0 saturated heterocycles. The van der Waals surface area contributed by atoms with Crippen molar-refractivity contribution in [3.63, 3.8) is 0 Å². The van der Waals surface area contributed by atoms with Crippen LogP contribution in [0.2, 0.25) is 0 Å². The molecule has 6 nitrogen and oxygen atoms in total. The number of rotatable bonds is 5. The number of nitrogens with one attached hydrogen (secondary N) is 1. The largest absolute Gasteiger partial charge is 0.478 e. The Morgan fingerprint density at radius 3 is 2.62 bits per heavy atom. The van der Waals surface area contributed by atoms with Crippen molar-refractivity contribution >= 4 is 23.3 Å². The molecule has 0 unspecified atom stereocenters. The summed E-state index contributed by atoms with van der Waals surface area (Å²) >= 11 is 1.48. The predicted molar refractivity (Wildman–Crippen MR) is 79.2 cm³/mol. The van der Waals surface area contributed by atoms with Gasteiger partial charge in [-0.2, -0.15) is 0 Å². The number of carbonyl (C=O) groups is 2. The standard InChI is InChI=1S/C14H15N3O3S/c1-17(14(20)16-7-12-6-15-9-21-12)8-10-2-4-11(5-3-10)13(18)19/h2-6,9H,7-8H2,1H3,(H,16,20)(H,18,19). The number of carbonyl (C=O) groups excluding carboxylic acids is 1. The van der Waals surface area contributed by atoms with Crippen LogP contribution in [0, 0.1) is 0 Å². The molecule has 2 rings (SSSR count). The highest BCUT2D eigenvalue weighted by atomic mass is 32.1. The van der Waals surface area contributed by atoms with E-state index in [1.165, 1.54) is 28.4 Å². The van der Waals surface area contributed by atoms with Gasteiger partial charge >= 0.3 is 12.0 Å². The summed E-state index contributed by atoms with van der Waals surface area (Å²) in [7, 11) is 1.69. The molecule has 110 valence electrons. The van der Waals surface area contributed by atoms with E-state index < -0.39 is 5.97 Å². The Hall–Kier alpha value is -2.41. The third-order valence-electron chi connectivity index (χ3n) is 2.86. The maximum atomic E-state index is 11.9. The molecule has 1 aromatic heterocycles. The fourth-order valence-corrected chi connectivity index (χ4v) is 2.26. The highest BCUT2D eigenvalue weighted by Crippen LogP contribution is 2.08. The molecule has 0 aliphatic heterocycles. The molecule has 0 aliphatic carbocycles. The third kappa shape index (κ3) is 4.28. The number of benzene rings is 1. The van der Waals surface area contributed by atoms with Gasteiger partial charge in [0.05, 0.1) is 17.6 Å². The molecule has 0 fully saturated rings. The molecule has 1 heterocycles. The van der Waals surface area contributed by atoms with Crippen molar-refractivity contribution in [3.8, 4) is 0 Å². The molecule has 0 atom stereocenters. The van der Waals surface area contributed by atoms with Crippen LogP contribution in [-0.2, 0) is 13.1 Å². The number of nitrogens with zero attached hydrogens (tertiary/aromatic N) is 2. The highest BCUT2D eigenvalue weighted by Gasteiger charge is 2.09. The van der Waals surface area contributed by atoms with Crippen molar-refractivity contribution in [2.75, 3.05) is 7.05 Å². The summed E-state index contributed by atoms with van der Waals surface area (Å²) in [6, 6.07) is 6.28. The fraction of sp³-hybridized carbons (Fsp3) is 0.214. The van der Waals surface area contributed by atoms with Gasteiger partial charge in [0.25, 0.3) is 0 Å². The van der Waals surface area contributed by atoms with Crippen LogP contribution in [0.15, 0.2) is 36.0 Å². The molecule has 21 heavy (non-hydrogen) atoms. The minimum Gasteiger partial charge on any atom is -0.478 e. The monoisotopic (exact) mass is 305 g/mol. The number of thiazole rings is 1. The number of aromatic carboxylic acids is 1. The summed E-state index contributed by atoms with van der Waals surface area (Å²) in [4.78, 5) is 29.2. The molecule has 2 aromatic rings. The van der Waals surface area contributed by atoms with E-state index in [9.17, 15) is 9.59 Å². The van der Waals surface area contributed by atoms with Gasteiger partial charge in [-0.3, -0.25) is 4.98 Å². The summed E-state index contributed by atoms with van der Waals surface area (Å²) in [5.74, 6) is -0.961. The second kappa shape index (κ2) is 6.85. The second-order valence-corrected chi connectivity index (χ2v) is 5.46. The van der Waals surface area contributed by atoms with E-state index in [0.29, 0.717) is 13.1 Å². The third-order valence-corrected chi connectivity index (χ3v) is 3.64. The zero-order valence-corrected chi connectivity index (χ0v) is 12.3. The van der Waals surface area contributed by atoms with Gasteiger partial charge in [-0.05, 0) is 17.7 Å². The van der Waals surface area contributed by atoms with Crippen molar-refractivity contribution in [1.29, 1.82) is 0 Å². The maximum Gasteiger partial charge on any atom is 0.335 e. The molecule has 0 aliphatic rings. The zero-order valence-electron chi connectivity index (χ0n) is 11.4. The fourth-order valence-electron chi connectivity index (χ4n) is 1.73. The Balaban J connectivity index is 1.86. The molecule has 1 aromatic carbocycles. The number of hydrogen-bond acceptors (Lipinski definition) is 4. The highest BCUT2D eigenvalue weighted by molar-refractivity contribution is 7.09. The van der Waals surface area contributed by atoms with E-state index in [0.717, 1.165) is 10.4 Å². The number of carboxylic acid groups (broad SMARTS) is 1. The normalized spacial score (nSPS) is 10.1. The first-order chi connectivity index (χ1) is 10.1. The van der Waals surface area contributed by atoms with Gasteiger partial charge in [0.15, 0.2) is 0 Å². The van der Waals surface area contributed by atoms with Crippen LogP contribution in [0.1, 0.15) is 20.8 Å². The topological polar surface area (TPSA) is 82.5 Å². The van der Waals surface area contributed by atoms with Crippen molar-refractivity contribution in [3.05, 3.63) is 52.0 Å². The van der Waals surface area contributed by atoms with Gasteiger partial charge in [0.2, 0.25) is 0 Å². The van der Waals surface area contributed by atoms with Crippen LogP contribution in [0.25, 0.3) is 0 Å². The Labute approximate surface area is 126 Å². The average molecular weight is 305 g/mol. The summed E-state index contributed by atoms with van der Waals surface area (Å²) in [6.45, 7) is 0.861. The molecule has 7 heteroatoms. The zero-order chi connectivity index (χ0) is 15.2. The maximum absolute atomic E-state index is 11.9. The average Bonchev–Trinajstić information content (AvgIpc) is 2.98. The summed E-state index contributed by atoms with van der Waals surface area (Å²) < 4.78 is 0. The first kappa shape index (κ1) is 15.0. The van der Waals surface area contributed by atoms with Gasteiger partial charge in [0.1, 0.15) is 0 Å². The molecular formula is C14H15N3O3S. The smallest absolute Gasteiger partial charge is 0.335 e. The number of amides is 2. The van der Waals surface area contributed by atoms with Crippen LogP contribution in [-0.4, -0.2) is 34.0 Å². The molecule has 0 spiro atoms. The van der Waals surface area contributed by atoms with Crippen LogP contribution in [0.5, 0.6) is 0 Å². The second-order valence-electron chi connectivity index (χ2n) is 4.48. The Bertz CT molecular complexity index is 611.